The molecule has 1 atom stereocenters. The molecule has 0 radical (unpaired) electrons. The molecule has 0 aliphatic carbocycles. The van der Waals surface area contributed by atoms with E-state index < -0.39 is 5.97 Å². The number of nitrogens with two attached hydrogens (primary N) is 1. The fourth-order valence-electron chi connectivity index (χ4n) is 1.52. The molecule has 3 heteroatoms. The van der Waals surface area contributed by atoms with Gasteiger partial charge in [-0.2, -0.15) is 0 Å². The van der Waals surface area contributed by atoms with Crippen LogP contribution in [0.3, 0.4) is 0 Å². The zero-order chi connectivity index (χ0) is 12.8. The van der Waals surface area contributed by atoms with Crippen LogP contribution in [0.4, 0.5) is 5.69 Å². The molecule has 0 aliphatic rings. The Labute approximate surface area is 102 Å². The second-order valence-corrected chi connectivity index (χ2v) is 4.36. The molecule has 0 bridgehead atoms. The largest absolute Gasteiger partial charge is 0.478 e. The lowest BCUT2D eigenvalue weighted by atomic mass is 9.97. The van der Waals surface area contributed by atoms with Crippen LogP contribution in [-0.2, 0) is 4.79 Å². The van der Waals surface area contributed by atoms with E-state index in [0.29, 0.717) is 23.6 Å². The maximum Gasteiger partial charge on any atom is 0.331 e. The summed E-state index contributed by atoms with van der Waals surface area (Å²) in [7, 11) is 0. The Bertz CT molecular complexity index is 407. The highest BCUT2D eigenvalue weighted by atomic mass is 16.4. The second kappa shape index (κ2) is 6.09. The number of nitrogen functional groups attached to an aromatic ring is 1. The predicted octanol–water partition coefficient (Wildman–Crippen LogP) is 3.17. The third kappa shape index (κ3) is 4.31. The highest BCUT2D eigenvalue weighted by molar-refractivity contribution is 5.92. The first kappa shape index (κ1) is 13.3. The van der Waals surface area contributed by atoms with Crippen LogP contribution in [0.1, 0.15) is 32.3 Å². The van der Waals surface area contributed by atoms with E-state index in [1.807, 2.05) is 12.1 Å². The Hall–Kier alpha value is -1.77. The van der Waals surface area contributed by atoms with Gasteiger partial charge in [-0.25, -0.2) is 4.79 Å². The van der Waals surface area contributed by atoms with Crippen molar-refractivity contribution in [1.82, 2.24) is 0 Å². The lowest BCUT2D eigenvalue weighted by Gasteiger charge is -2.09. The quantitative estimate of drug-likeness (QED) is 0.606. The van der Waals surface area contributed by atoms with Gasteiger partial charge in [0.15, 0.2) is 0 Å². The van der Waals surface area contributed by atoms with E-state index in [-0.39, 0.29) is 0 Å². The van der Waals surface area contributed by atoms with Gasteiger partial charge >= 0.3 is 5.97 Å². The summed E-state index contributed by atoms with van der Waals surface area (Å²) in [4.78, 5) is 11.1. The highest BCUT2D eigenvalue weighted by Crippen LogP contribution is 2.18. The number of carboxylic acids is 1. The van der Waals surface area contributed by atoms with Crippen LogP contribution in [0, 0.1) is 5.92 Å². The Morgan fingerprint density at radius 2 is 2.00 bits per heavy atom. The van der Waals surface area contributed by atoms with Crippen molar-refractivity contribution < 1.29 is 9.90 Å². The molecule has 17 heavy (non-hydrogen) atoms. The number of benzene rings is 1. The summed E-state index contributed by atoms with van der Waals surface area (Å²) in [6.07, 6.45) is 3.29. The Balaban J connectivity index is 2.90. The number of anilines is 1. The van der Waals surface area contributed by atoms with E-state index in [4.69, 9.17) is 10.8 Å². The van der Waals surface area contributed by atoms with Crippen LogP contribution in [-0.4, -0.2) is 11.1 Å². The van der Waals surface area contributed by atoms with Crippen molar-refractivity contribution in [3.63, 3.8) is 0 Å². The minimum Gasteiger partial charge on any atom is -0.478 e. The minimum atomic E-state index is -0.845. The molecule has 0 saturated heterocycles. The van der Waals surface area contributed by atoms with Crippen molar-refractivity contribution in [2.24, 2.45) is 5.92 Å². The third-order valence-corrected chi connectivity index (χ3v) is 2.82. The van der Waals surface area contributed by atoms with Gasteiger partial charge in [0.2, 0.25) is 0 Å². The van der Waals surface area contributed by atoms with Crippen molar-refractivity contribution in [3.05, 3.63) is 35.4 Å². The topological polar surface area (TPSA) is 63.3 Å². The number of carbonyl (C=O) groups is 1. The SMILES string of the molecule is CCC(C)CC(=Cc1ccc(N)cc1)C(=O)O. The molecule has 0 heterocycles. The lowest BCUT2D eigenvalue weighted by Crippen LogP contribution is -2.05. The summed E-state index contributed by atoms with van der Waals surface area (Å²) < 4.78 is 0. The summed E-state index contributed by atoms with van der Waals surface area (Å²) in [6.45, 7) is 4.12. The average molecular weight is 233 g/mol. The number of hydrogen-bond donors (Lipinski definition) is 2. The van der Waals surface area contributed by atoms with Gasteiger partial charge in [-0.05, 0) is 36.1 Å². The van der Waals surface area contributed by atoms with E-state index in [9.17, 15) is 4.79 Å². The molecule has 0 saturated carbocycles. The molecule has 1 aromatic rings. The fourth-order valence-corrected chi connectivity index (χ4v) is 1.52. The molecule has 0 aliphatic heterocycles. The fraction of sp³-hybridized carbons (Fsp3) is 0.357. The van der Waals surface area contributed by atoms with E-state index in [2.05, 4.69) is 13.8 Å². The number of rotatable bonds is 5. The Kier molecular flexibility index (Phi) is 4.76. The molecule has 0 amide bonds. The first-order valence-corrected chi connectivity index (χ1v) is 5.82. The summed E-state index contributed by atoms with van der Waals surface area (Å²) in [5.41, 5.74) is 7.59. The molecule has 3 N–H and O–H groups in total. The first-order chi connectivity index (χ1) is 8.02. The molecule has 0 aromatic heterocycles. The van der Waals surface area contributed by atoms with E-state index >= 15 is 0 Å². The molecule has 0 fully saturated rings. The standard InChI is InChI=1S/C14H19NO2/c1-3-10(2)8-12(14(16)17)9-11-4-6-13(15)7-5-11/h4-7,9-10H,3,8,15H2,1-2H3,(H,16,17). The van der Waals surface area contributed by atoms with Crippen molar-refractivity contribution in [2.75, 3.05) is 5.73 Å². The van der Waals surface area contributed by atoms with Gasteiger partial charge in [0, 0.05) is 11.3 Å². The molecule has 1 unspecified atom stereocenters. The zero-order valence-electron chi connectivity index (χ0n) is 10.3. The molecule has 3 nitrogen and oxygen atoms in total. The van der Waals surface area contributed by atoms with Crippen LogP contribution >= 0.6 is 0 Å². The normalized spacial score (nSPS) is 13.4. The number of carboxylic acid groups (broad SMARTS) is 1. The molecular weight excluding hydrogens is 214 g/mol. The molecular formula is C14H19NO2. The van der Waals surface area contributed by atoms with E-state index in [1.54, 1.807) is 18.2 Å². The summed E-state index contributed by atoms with van der Waals surface area (Å²) in [5.74, 6) is -0.465. The van der Waals surface area contributed by atoms with Gasteiger partial charge in [-0.3, -0.25) is 0 Å². The summed E-state index contributed by atoms with van der Waals surface area (Å²) in [5, 5.41) is 9.14. The highest BCUT2D eigenvalue weighted by Gasteiger charge is 2.11. The third-order valence-electron chi connectivity index (χ3n) is 2.82. The second-order valence-electron chi connectivity index (χ2n) is 4.36. The van der Waals surface area contributed by atoms with Crippen LogP contribution in [0.15, 0.2) is 29.8 Å². The monoisotopic (exact) mass is 233 g/mol. The van der Waals surface area contributed by atoms with Gasteiger partial charge in [0.25, 0.3) is 0 Å². The van der Waals surface area contributed by atoms with Crippen LogP contribution in [0.5, 0.6) is 0 Å². The van der Waals surface area contributed by atoms with Crippen LogP contribution < -0.4 is 5.73 Å². The molecule has 1 aromatic carbocycles. The maximum absolute atomic E-state index is 11.1. The molecule has 1 rings (SSSR count). The van der Waals surface area contributed by atoms with Crippen molar-refractivity contribution in [3.8, 4) is 0 Å². The maximum atomic E-state index is 11.1. The summed E-state index contributed by atoms with van der Waals surface area (Å²) >= 11 is 0. The molecule has 92 valence electrons. The smallest absolute Gasteiger partial charge is 0.331 e. The van der Waals surface area contributed by atoms with Crippen LogP contribution in [0.2, 0.25) is 0 Å². The predicted molar refractivity (Wildman–Crippen MR) is 70.5 cm³/mol. The number of aliphatic carboxylic acids is 1. The zero-order valence-corrected chi connectivity index (χ0v) is 10.3. The minimum absolute atomic E-state index is 0.381. The van der Waals surface area contributed by atoms with E-state index in [1.165, 1.54) is 0 Å². The van der Waals surface area contributed by atoms with Gasteiger partial charge < -0.3 is 10.8 Å². The average Bonchev–Trinajstić information content (AvgIpc) is 2.30. The van der Waals surface area contributed by atoms with Gasteiger partial charge in [0.1, 0.15) is 0 Å². The first-order valence-electron chi connectivity index (χ1n) is 5.82. The van der Waals surface area contributed by atoms with Gasteiger partial charge in [-0.15, -0.1) is 0 Å². The summed E-state index contributed by atoms with van der Waals surface area (Å²) in [6, 6.07) is 7.20. The van der Waals surface area contributed by atoms with Crippen molar-refractivity contribution >= 4 is 17.7 Å². The number of hydrogen-bond acceptors (Lipinski definition) is 2. The molecule has 0 spiro atoms. The Morgan fingerprint density at radius 3 is 2.47 bits per heavy atom. The van der Waals surface area contributed by atoms with E-state index in [0.717, 1.165) is 12.0 Å². The lowest BCUT2D eigenvalue weighted by molar-refractivity contribution is -0.132. The Morgan fingerprint density at radius 1 is 1.41 bits per heavy atom. The van der Waals surface area contributed by atoms with Crippen molar-refractivity contribution in [2.45, 2.75) is 26.7 Å². The van der Waals surface area contributed by atoms with Gasteiger partial charge in [0.05, 0.1) is 0 Å². The van der Waals surface area contributed by atoms with Gasteiger partial charge in [-0.1, -0.05) is 32.4 Å². The van der Waals surface area contributed by atoms with Crippen LogP contribution in [0.25, 0.3) is 6.08 Å². The van der Waals surface area contributed by atoms with Crippen molar-refractivity contribution in [1.29, 1.82) is 0 Å².